The topological polar surface area (TPSA) is 70.4 Å². The summed E-state index contributed by atoms with van der Waals surface area (Å²) in [6.45, 7) is 0. The molecule has 10 heteroatoms. The molecule has 3 aromatic rings. The number of ether oxygens (including phenoxy) is 1. The van der Waals surface area contributed by atoms with E-state index in [0.717, 1.165) is 17.0 Å². The summed E-state index contributed by atoms with van der Waals surface area (Å²) in [7, 11) is 0. The summed E-state index contributed by atoms with van der Waals surface area (Å²) >= 11 is 12.2. The van der Waals surface area contributed by atoms with E-state index in [1.165, 1.54) is 30.3 Å². The Labute approximate surface area is 213 Å². The van der Waals surface area contributed by atoms with Gasteiger partial charge in [-0.05, 0) is 60.0 Å². The predicted molar refractivity (Wildman–Crippen MR) is 126 cm³/mol. The van der Waals surface area contributed by atoms with Crippen molar-refractivity contribution in [2.24, 2.45) is 11.3 Å². The van der Waals surface area contributed by atoms with E-state index in [1.807, 2.05) is 0 Å². The Bertz CT molecular complexity index is 1420. The van der Waals surface area contributed by atoms with Crippen LogP contribution in [0.15, 0.2) is 66.7 Å². The fourth-order valence-electron chi connectivity index (χ4n) is 5.18. The molecule has 2 aliphatic rings. The Hall–Kier alpha value is -3.54. The number of carbonyl (C=O) groups is 2. The van der Waals surface area contributed by atoms with Gasteiger partial charge in [0.05, 0.1) is 28.7 Å². The highest BCUT2D eigenvalue weighted by Crippen LogP contribution is 2.71. The number of anilines is 1. The molecule has 1 aliphatic heterocycles. The molecule has 0 radical (unpaired) electrons. The molecular formula is C26H15Cl2F3N2O3. The van der Waals surface area contributed by atoms with E-state index in [4.69, 9.17) is 23.2 Å². The number of imide groups is 1. The zero-order valence-corrected chi connectivity index (χ0v) is 19.7. The summed E-state index contributed by atoms with van der Waals surface area (Å²) in [5, 5.41) is 9.79. The van der Waals surface area contributed by atoms with E-state index in [9.17, 15) is 28.0 Å². The first-order valence-corrected chi connectivity index (χ1v) is 11.5. The summed E-state index contributed by atoms with van der Waals surface area (Å²) in [6, 6.07) is 18.4. The van der Waals surface area contributed by atoms with Gasteiger partial charge in [0.25, 0.3) is 0 Å². The van der Waals surface area contributed by atoms with E-state index >= 15 is 0 Å². The second-order valence-electron chi connectivity index (χ2n) is 8.71. The third-order valence-corrected chi connectivity index (χ3v) is 6.99. The fourth-order valence-corrected chi connectivity index (χ4v) is 5.69. The van der Waals surface area contributed by atoms with Crippen molar-refractivity contribution in [2.75, 3.05) is 4.90 Å². The molecule has 2 fully saturated rings. The smallest absolute Gasteiger partial charge is 0.406 e. The molecule has 0 aromatic heterocycles. The Morgan fingerprint density at radius 1 is 0.972 bits per heavy atom. The van der Waals surface area contributed by atoms with Crippen LogP contribution in [0.5, 0.6) is 5.75 Å². The van der Waals surface area contributed by atoms with Crippen LogP contribution in [-0.4, -0.2) is 18.2 Å². The summed E-state index contributed by atoms with van der Waals surface area (Å²) in [5.74, 6) is -2.62. The zero-order chi connectivity index (χ0) is 25.8. The highest BCUT2D eigenvalue weighted by atomic mass is 35.5. The highest BCUT2D eigenvalue weighted by Gasteiger charge is 2.79. The van der Waals surface area contributed by atoms with Crippen molar-refractivity contribution >= 4 is 40.7 Å². The third kappa shape index (κ3) is 4.08. The monoisotopic (exact) mass is 530 g/mol. The Morgan fingerprint density at radius 2 is 1.64 bits per heavy atom. The largest absolute Gasteiger partial charge is 0.573 e. The van der Waals surface area contributed by atoms with Gasteiger partial charge in [0.1, 0.15) is 5.75 Å². The van der Waals surface area contributed by atoms with Gasteiger partial charge in [-0.15, -0.1) is 13.2 Å². The number of piperidine rings is 1. The number of rotatable bonds is 5. The number of alkyl halides is 3. The third-order valence-electron chi connectivity index (χ3n) is 6.55. The predicted octanol–water partition coefficient (Wildman–Crippen LogP) is 6.28. The molecule has 5 rings (SSSR count). The van der Waals surface area contributed by atoms with Gasteiger partial charge in [-0.1, -0.05) is 47.5 Å². The van der Waals surface area contributed by atoms with Crippen LogP contribution < -0.4 is 9.64 Å². The molecule has 0 N–H and O–H groups in total. The molecule has 3 aromatic carbocycles. The molecule has 5 nitrogen and oxygen atoms in total. The standard InChI is InChI=1S/C26H15Cl2F3N2O3/c27-17-9-18(28)11-19(10-17)33-23(34)22-21(16-4-6-20(7-5-16)36-26(29,30)31)25(22,24(33)35)12-14-2-1-3-15(8-14)13-32/h1-11,21-22H,12H2/t21-,22-,25-/m0/s1. The van der Waals surface area contributed by atoms with E-state index in [-0.39, 0.29) is 22.2 Å². The summed E-state index contributed by atoms with van der Waals surface area (Å²) in [6.07, 6.45) is -4.68. The van der Waals surface area contributed by atoms with Gasteiger partial charge in [0.2, 0.25) is 11.8 Å². The first kappa shape index (κ1) is 24.2. The van der Waals surface area contributed by atoms with Gasteiger partial charge in [-0.25, -0.2) is 4.90 Å². The maximum atomic E-state index is 13.9. The lowest BCUT2D eigenvalue weighted by atomic mass is 9.89. The van der Waals surface area contributed by atoms with Crippen LogP contribution in [0, 0.1) is 22.7 Å². The molecule has 0 spiro atoms. The van der Waals surface area contributed by atoms with E-state index in [1.54, 1.807) is 24.3 Å². The van der Waals surface area contributed by atoms with Gasteiger partial charge in [0, 0.05) is 16.0 Å². The summed E-state index contributed by atoms with van der Waals surface area (Å²) in [4.78, 5) is 28.5. The van der Waals surface area contributed by atoms with Crippen molar-refractivity contribution in [1.82, 2.24) is 0 Å². The molecule has 0 bridgehead atoms. The lowest BCUT2D eigenvalue weighted by Crippen LogP contribution is -2.37. The number of fused-ring (bicyclic) bond motifs is 1. The molecule has 1 heterocycles. The van der Waals surface area contributed by atoms with Crippen LogP contribution in [0.2, 0.25) is 10.0 Å². The summed E-state index contributed by atoms with van der Waals surface area (Å²) in [5.41, 5.74) is 0.697. The Kier molecular flexibility index (Phi) is 5.73. The van der Waals surface area contributed by atoms with Gasteiger partial charge >= 0.3 is 6.36 Å². The second-order valence-corrected chi connectivity index (χ2v) is 9.58. The average Bonchev–Trinajstić information content (AvgIpc) is 3.41. The minimum Gasteiger partial charge on any atom is -0.406 e. The second kappa shape index (κ2) is 8.54. The number of nitrogens with zero attached hydrogens (tertiary/aromatic N) is 2. The van der Waals surface area contributed by atoms with E-state index < -0.39 is 41.2 Å². The van der Waals surface area contributed by atoms with Crippen molar-refractivity contribution in [1.29, 1.82) is 5.26 Å². The number of nitriles is 1. The normalized spacial score (nSPS) is 22.8. The van der Waals surface area contributed by atoms with Gasteiger partial charge < -0.3 is 4.74 Å². The van der Waals surface area contributed by atoms with Crippen molar-refractivity contribution in [2.45, 2.75) is 18.7 Å². The van der Waals surface area contributed by atoms with Gasteiger partial charge in [-0.2, -0.15) is 5.26 Å². The molecular weight excluding hydrogens is 516 g/mol. The zero-order valence-electron chi connectivity index (χ0n) is 18.2. The molecule has 1 saturated carbocycles. The highest BCUT2D eigenvalue weighted by molar-refractivity contribution is 6.36. The van der Waals surface area contributed by atoms with Crippen molar-refractivity contribution in [3.8, 4) is 11.8 Å². The first-order valence-electron chi connectivity index (χ1n) is 10.7. The van der Waals surface area contributed by atoms with Crippen molar-refractivity contribution in [3.05, 3.63) is 93.5 Å². The van der Waals surface area contributed by atoms with Crippen LogP contribution >= 0.6 is 23.2 Å². The molecule has 182 valence electrons. The number of carbonyl (C=O) groups excluding carboxylic acids is 2. The SMILES string of the molecule is N#Cc1cccc(C[C@@]23C(=O)N(c4cc(Cl)cc(Cl)c4)C(=O)[C@@H]2[C@@H]3c2ccc(OC(F)(F)F)cc2)c1. The Morgan fingerprint density at radius 3 is 2.25 bits per heavy atom. The van der Waals surface area contributed by atoms with Crippen molar-refractivity contribution < 1.29 is 27.5 Å². The van der Waals surface area contributed by atoms with Gasteiger partial charge in [-0.3, -0.25) is 9.59 Å². The first-order chi connectivity index (χ1) is 17.0. The number of hydrogen-bond donors (Lipinski definition) is 0. The van der Waals surface area contributed by atoms with Crippen LogP contribution in [0.3, 0.4) is 0 Å². The minimum atomic E-state index is -4.84. The number of hydrogen-bond acceptors (Lipinski definition) is 4. The fraction of sp³-hybridized carbons (Fsp3) is 0.192. The van der Waals surface area contributed by atoms with Crippen LogP contribution in [0.4, 0.5) is 18.9 Å². The molecule has 1 aliphatic carbocycles. The maximum absolute atomic E-state index is 13.9. The quantitative estimate of drug-likeness (QED) is 0.364. The van der Waals surface area contributed by atoms with Crippen LogP contribution in [0.1, 0.15) is 22.6 Å². The summed E-state index contributed by atoms with van der Waals surface area (Å²) < 4.78 is 41.7. The average molecular weight is 531 g/mol. The van der Waals surface area contributed by atoms with Crippen molar-refractivity contribution in [3.63, 3.8) is 0 Å². The number of amides is 2. The van der Waals surface area contributed by atoms with E-state index in [0.29, 0.717) is 16.7 Å². The molecule has 3 atom stereocenters. The molecule has 1 saturated heterocycles. The van der Waals surface area contributed by atoms with Crippen LogP contribution in [0.25, 0.3) is 0 Å². The van der Waals surface area contributed by atoms with Gasteiger partial charge in [0.15, 0.2) is 0 Å². The lowest BCUT2D eigenvalue weighted by Gasteiger charge is -2.23. The number of halogens is 5. The Balaban J connectivity index is 1.54. The maximum Gasteiger partial charge on any atom is 0.573 e. The number of benzene rings is 3. The van der Waals surface area contributed by atoms with E-state index in [2.05, 4.69) is 10.8 Å². The lowest BCUT2D eigenvalue weighted by molar-refractivity contribution is -0.274. The van der Waals surface area contributed by atoms with Crippen LogP contribution in [-0.2, 0) is 16.0 Å². The molecule has 0 unspecified atom stereocenters. The molecule has 36 heavy (non-hydrogen) atoms. The minimum absolute atomic E-state index is 0.161. The molecule has 2 amide bonds.